The van der Waals surface area contributed by atoms with Crippen LogP contribution in [0.3, 0.4) is 0 Å². The van der Waals surface area contributed by atoms with Crippen LogP contribution in [-0.2, 0) is 17.8 Å². The molecule has 2 aliphatic rings. The second kappa shape index (κ2) is 5.48. The maximum Gasteiger partial charge on any atom is 0.346 e. The molecule has 2 heterocycles. The molecular weight excluding hydrogens is 296 g/mol. The number of nitrogens with zero attached hydrogens (tertiary/aromatic N) is 3. The van der Waals surface area contributed by atoms with Gasteiger partial charge in [-0.3, -0.25) is 4.57 Å². The largest absolute Gasteiger partial charge is 0.480 e. The van der Waals surface area contributed by atoms with Crippen molar-refractivity contribution < 1.29 is 18.7 Å². The van der Waals surface area contributed by atoms with E-state index < -0.39 is 23.6 Å². The molecule has 0 unspecified atom stereocenters. The minimum atomic E-state index is -2.59. The summed E-state index contributed by atoms with van der Waals surface area (Å²) < 4.78 is 28.9. The van der Waals surface area contributed by atoms with Crippen LogP contribution in [0.4, 0.5) is 8.78 Å². The van der Waals surface area contributed by atoms with E-state index in [1.807, 2.05) is 0 Å². The van der Waals surface area contributed by atoms with Gasteiger partial charge in [0.15, 0.2) is 0 Å². The Labute approximate surface area is 125 Å². The summed E-state index contributed by atoms with van der Waals surface area (Å²) in [6, 6.07) is -0.860. The first-order valence-corrected chi connectivity index (χ1v) is 7.66. The highest BCUT2D eigenvalue weighted by Gasteiger charge is 2.36. The number of fused-ring (bicyclic) bond motifs is 1. The Morgan fingerprint density at radius 2 is 2.00 bits per heavy atom. The molecule has 0 radical (unpaired) electrons. The van der Waals surface area contributed by atoms with Crippen molar-refractivity contribution >= 4 is 5.97 Å². The minimum absolute atomic E-state index is 0.00226. The number of aliphatic carboxylic acids is 1. The predicted octanol–water partition coefficient (Wildman–Crippen LogP) is 1.83. The van der Waals surface area contributed by atoms with Crippen LogP contribution in [0.1, 0.15) is 50.4 Å². The first-order chi connectivity index (χ1) is 10.4. The fourth-order valence-corrected chi connectivity index (χ4v) is 3.41. The van der Waals surface area contributed by atoms with Gasteiger partial charge in [-0.1, -0.05) is 0 Å². The maximum atomic E-state index is 13.2. The molecule has 1 fully saturated rings. The zero-order chi connectivity index (χ0) is 15.9. The van der Waals surface area contributed by atoms with Crippen molar-refractivity contribution in [3.8, 4) is 0 Å². The number of alkyl halides is 2. The fourth-order valence-electron chi connectivity index (χ4n) is 3.41. The maximum absolute atomic E-state index is 13.2. The predicted molar refractivity (Wildman–Crippen MR) is 73.0 cm³/mol. The Morgan fingerprint density at radius 1 is 1.32 bits per heavy atom. The lowest BCUT2D eigenvalue weighted by Gasteiger charge is -2.27. The number of aromatic nitrogens is 3. The third-order valence-corrected chi connectivity index (χ3v) is 4.68. The van der Waals surface area contributed by atoms with Crippen molar-refractivity contribution in [3.05, 3.63) is 16.3 Å². The van der Waals surface area contributed by atoms with Gasteiger partial charge in [-0.25, -0.2) is 23.1 Å². The molecule has 0 amide bonds. The second-order valence-corrected chi connectivity index (χ2v) is 6.30. The Kier molecular flexibility index (Phi) is 3.78. The highest BCUT2D eigenvalue weighted by Crippen LogP contribution is 2.36. The smallest absolute Gasteiger partial charge is 0.346 e. The van der Waals surface area contributed by atoms with Gasteiger partial charge in [0.05, 0.1) is 0 Å². The lowest BCUT2D eigenvalue weighted by Crippen LogP contribution is -2.36. The Balaban J connectivity index is 1.79. The van der Waals surface area contributed by atoms with Crippen LogP contribution < -0.4 is 5.69 Å². The van der Waals surface area contributed by atoms with Crippen LogP contribution in [0.2, 0.25) is 0 Å². The van der Waals surface area contributed by atoms with Gasteiger partial charge in [-0.15, -0.1) is 0 Å². The van der Waals surface area contributed by atoms with Crippen LogP contribution in [0.25, 0.3) is 0 Å². The van der Waals surface area contributed by atoms with Gasteiger partial charge in [-0.2, -0.15) is 5.10 Å². The third kappa shape index (κ3) is 2.78. The highest BCUT2D eigenvalue weighted by atomic mass is 19.3. The van der Waals surface area contributed by atoms with E-state index in [1.54, 1.807) is 0 Å². The Morgan fingerprint density at radius 3 is 2.64 bits per heavy atom. The second-order valence-electron chi connectivity index (χ2n) is 6.30. The average Bonchev–Trinajstić information content (AvgIpc) is 2.78. The molecule has 8 heteroatoms. The number of aryl methyl sites for hydroxylation is 1. The normalized spacial score (nSPS) is 24.9. The van der Waals surface area contributed by atoms with Crippen molar-refractivity contribution in [1.82, 2.24) is 14.3 Å². The van der Waals surface area contributed by atoms with Gasteiger partial charge in [0.1, 0.15) is 11.9 Å². The molecule has 1 aromatic rings. The van der Waals surface area contributed by atoms with Crippen LogP contribution in [-0.4, -0.2) is 31.3 Å². The van der Waals surface area contributed by atoms with E-state index in [4.69, 9.17) is 0 Å². The first-order valence-electron chi connectivity index (χ1n) is 7.66. The first kappa shape index (κ1) is 15.2. The molecule has 0 bridgehead atoms. The molecule has 0 spiro atoms. The lowest BCUT2D eigenvalue weighted by atomic mass is 9.87. The zero-order valence-electron chi connectivity index (χ0n) is 12.2. The van der Waals surface area contributed by atoms with Gasteiger partial charge in [0.25, 0.3) is 0 Å². The molecule has 1 N–H and O–H groups in total. The van der Waals surface area contributed by atoms with Gasteiger partial charge in [-0.05, 0) is 31.6 Å². The van der Waals surface area contributed by atoms with Gasteiger partial charge < -0.3 is 5.11 Å². The number of carboxylic acid groups (broad SMARTS) is 1. The zero-order valence-corrected chi connectivity index (χ0v) is 12.2. The molecule has 122 valence electrons. The van der Waals surface area contributed by atoms with E-state index in [-0.39, 0.29) is 18.8 Å². The summed E-state index contributed by atoms with van der Waals surface area (Å²) in [5.74, 6) is -3.13. The minimum Gasteiger partial charge on any atom is -0.480 e. The number of halogens is 2. The molecule has 6 nitrogen and oxygen atoms in total. The highest BCUT2D eigenvalue weighted by molar-refractivity contribution is 5.72. The van der Waals surface area contributed by atoms with Crippen molar-refractivity contribution in [2.45, 2.75) is 63.5 Å². The van der Waals surface area contributed by atoms with E-state index in [0.29, 0.717) is 44.5 Å². The van der Waals surface area contributed by atoms with Crippen LogP contribution in [0.15, 0.2) is 4.79 Å². The molecule has 0 saturated heterocycles. The van der Waals surface area contributed by atoms with E-state index in [2.05, 4.69) is 5.10 Å². The van der Waals surface area contributed by atoms with Crippen LogP contribution >= 0.6 is 0 Å². The van der Waals surface area contributed by atoms with Crippen LogP contribution in [0, 0.1) is 5.92 Å². The monoisotopic (exact) mass is 315 g/mol. The van der Waals surface area contributed by atoms with Crippen molar-refractivity contribution in [3.63, 3.8) is 0 Å². The third-order valence-electron chi connectivity index (χ3n) is 4.68. The summed E-state index contributed by atoms with van der Waals surface area (Å²) in [5.41, 5.74) is -0.431. The van der Waals surface area contributed by atoms with E-state index >= 15 is 0 Å². The molecule has 3 rings (SSSR count). The van der Waals surface area contributed by atoms with Gasteiger partial charge in [0.2, 0.25) is 5.92 Å². The Bertz CT molecular complexity index is 628. The topological polar surface area (TPSA) is 77.1 Å². The molecule has 1 aromatic heterocycles. The molecule has 0 aromatic carbocycles. The molecule has 1 saturated carbocycles. The quantitative estimate of drug-likeness (QED) is 0.923. The average molecular weight is 315 g/mol. The number of hydrogen-bond acceptors (Lipinski definition) is 3. The van der Waals surface area contributed by atoms with E-state index in [1.165, 1.54) is 9.25 Å². The van der Waals surface area contributed by atoms with E-state index in [0.717, 1.165) is 0 Å². The summed E-state index contributed by atoms with van der Waals surface area (Å²) in [6.07, 6.45) is 2.10. The molecule has 1 aliphatic carbocycles. The molecule has 1 aliphatic heterocycles. The number of hydrogen-bond donors (Lipinski definition) is 1. The Hall–Kier alpha value is -1.73. The number of carbonyl (C=O) groups is 1. The lowest BCUT2D eigenvalue weighted by molar-refractivity contribution is -0.141. The summed E-state index contributed by atoms with van der Waals surface area (Å²) in [6.45, 7) is 0.293. The number of carboxylic acids is 1. The standard InChI is InChI=1S/C14H19F2N3O3/c15-14(16)6-4-9(5-7-14)8-18-13(22)19-10(12(20)21)2-1-3-11(19)17-18/h9-10H,1-8H2,(H,20,21)/t10-/m1/s1. The van der Waals surface area contributed by atoms with Gasteiger partial charge >= 0.3 is 11.7 Å². The summed E-state index contributed by atoms with van der Waals surface area (Å²) in [4.78, 5) is 23.6. The van der Waals surface area contributed by atoms with Gasteiger partial charge in [0, 0.05) is 25.8 Å². The molecule has 1 atom stereocenters. The summed E-state index contributed by atoms with van der Waals surface area (Å²) in [5, 5.41) is 13.4. The molecule has 22 heavy (non-hydrogen) atoms. The number of rotatable bonds is 3. The fraction of sp³-hybridized carbons (Fsp3) is 0.786. The van der Waals surface area contributed by atoms with E-state index in [9.17, 15) is 23.5 Å². The summed E-state index contributed by atoms with van der Waals surface area (Å²) in [7, 11) is 0. The van der Waals surface area contributed by atoms with Crippen molar-refractivity contribution in [2.24, 2.45) is 5.92 Å². The SMILES string of the molecule is O=C(O)[C@H]1CCCc2nn(CC3CCC(F)(F)CC3)c(=O)n21. The molecular formula is C14H19F2N3O3. The van der Waals surface area contributed by atoms with Crippen molar-refractivity contribution in [1.29, 1.82) is 0 Å². The van der Waals surface area contributed by atoms with Crippen LogP contribution in [0.5, 0.6) is 0 Å². The summed E-state index contributed by atoms with van der Waals surface area (Å²) >= 11 is 0. The van der Waals surface area contributed by atoms with Crippen molar-refractivity contribution in [2.75, 3.05) is 0 Å².